The van der Waals surface area contributed by atoms with Gasteiger partial charge in [-0.2, -0.15) is 0 Å². The first kappa shape index (κ1) is 17.2. The van der Waals surface area contributed by atoms with Crippen LogP contribution >= 0.6 is 0 Å². The van der Waals surface area contributed by atoms with Gasteiger partial charge in [-0.3, -0.25) is 24.6 Å². The van der Waals surface area contributed by atoms with Gasteiger partial charge >= 0.3 is 6.03 Å². The number of allylic oxidation sites excluding steroid dienone is 1. The molecule has 0 unspecified atom stereocenters. The van der Waals surface area contributed by atoms with Crippen LogP contribution < -0.4 is 14.8 Å². The SMILES string of the molecule is COc1ccc(/C=C/C(=O)[C@@H]2C(=O)NC(=O)N(C)C2=O)cc1OC. The monoisotopic (exact) mass is 332 g/mol. The summed E-state index contributed by atoms with van der Waals surface area (Å²) in [5, 5.41) is 1.96. The van der Waals surface area contributed by atoms with E-state index in [0.717, 1.165) is 6.08 Å². The number of rotatable bonds is 5. The van der Waals surface area contributed by atoms with Gasteiger partial charge in [0.2, 0.25) is 5.91 Å². The van der Waals surface area contributed by atoms with E-state index in [1.807, 2.05) is 5.32 Å². The Kier molecular flexibility index (Phi) is 4.98. The van der Waals surface area contributed by atoms with Crippen LogP contribution in [-0.4, -0.2) is 49.8 Å². The number of ether oxygens (including phenoxy) is 2. The van der Waals surface area contributed by atoms with E-state index in [2.05, 4.69) is 0 Å². The first-order chi connectivity index (χ1) is 11.4. The summed E-state index contributed by atoms with van der Waals surface area (Å²) in [5.41, 5.74) is 0.620. The smallest absolute Gasteiger partial charge is 0.330 e. The number of ketones is 1. The molecule has 4 amide bonds. The van der Waals surface area contributed by atoms with Crippen molar-refractivity contribution in [3.8, 4) is 11.5 Å². The molecule has 24 heavy (non-hydrogen) atoms. The van der Waals surface area contributed by atoms with Gasteiger partial charge in [-0.15, -0.1) is 0 Å². The highest BCUT2D eigenvalue weighted by Crippen LogP contribution is 2.28. The highest BCUT2D eigenvalue weighted by atomic mass is 16.5. The summed E-state index contributed by atoms with van der Waals surface area (Å²) in [4.78, 5) is 47.8. The van der Waals surface area contributed by atoms with Crippen LogP contribution in [0.1, 0.15) is 5.56 Å². The molecule has 1 aromatic carbocycles. The molecule has 8 heteroatoms. The molecule has 0 aromatic heterocycles. The van der Waals surface area contributed by atoms with Crippen LogP contribution in [0.15, 0.2) is 24.3 Å². The van der Waals surface area contributed by atoms with Crippen LogP contribution in [0.3, 0.4) is 0 Å². The van der Waals surface area contributed by atoms with Crippen LogP contribution in [0.4, 0.5) is 4.79 Å². The largest absolute Gasteiger partial charge is 0.493 e. The summed E-state index contributed by atoms with van der Waals surface area (Å²) in [5.74, 6) is -3.06. The van der Waals surface area contributed by atoms with E-state index in [1.165, 1.54) is 27.3 Å². The predicted octanol–water partition coefficient (Wildman–Crippen LogP) is 0.610. The molecule has 126 valence electrons. The highest BCUT2D eigenvalue weighted by Gasteiger charge is 2.42. The van der Waals surface area contributed by atoms with Crippen LogP contribution in [0.25, 0.3) is 6.08 Å². The molecule has 1 heterocycles. The van der Waals surface area contributed by atoms with E-state index in [9.17, 15) is 19.2 Å². The second-order valence-electron chi connectivity index (χ2n) is 4.97. The number of benzene rings is 1. The van der Waals surface area contributed by atoms with Gasteiger partial charge in [0.15, 0.2) is 23.2 Å². The minimum Gasteiger partial charge on any atom is -0.493 e. The number of hydrogen-bond acceptors (Lipinski definition) is 6. The van der Waals surface area contributed by atoms with E-state index in [4.69, 9.17) is 9.47 Å². The molecule has 0 spiro atoms. The van der Waals surface area contributed by atoms with E-state index >= 15 is 0 Å². The molecule has 1 fully saturated rings. The quantitative estimate of drug-likeness (QED) is 0.626. The van der Waals surface area contributed by atoms with Gasteiger partial charge in [0.05, 0.1) is 14.2 Å². The van der Waals surface area contributed by atoms with Crippen molar-refractivity contribution in [3.05, 3.63) is 29.8 Å². The summed E-state index contributed by atoms with van der Waals surface area (Å²) < 4.78 is 10.3. The Labute approximate surface area is 138 Å². The maximum Gasteiger partial charge on any atom is 0.330 e. The summed E-state index contributed by atoms with van der Waals surface area (Å²) in [6.07, 6.45) is 2.56. The fraction of sp³-hybridized carbons (Fsp3) is 0.250. The van der Waals surface area contributed by atoms with Crippen molar-refractivity contribution in [3.63, 3.8) is 0 Å². The zero-order valence-electron chi connectivity index (χ0n) is 13.4. The molecule has 0 bridgehead atoms. The number of nitrogens with zero attached hydrogens (tertiary/aromatic N) is 1. The van der Waals surface area contributed by atoms with Gasteiger partial charge in [-0.25, -0.2) is 4.79 Å². The Bertz CT molecular complexity index is 740. The number of hydrogen-bond donors (Lipinski definition) is 1. The van der Waals surface area contributed by atoms with Crippen LogP contribution in [0.5, 0.6) is 11.5 Å². The summed E-state index contributed by atoms with van der Waals surface area (Å²) in [6, 6.07) is 4.14. The zero-order chi connectivity index (χ0) is 17.9. The van der Waals surface area contributed by atoms with Gasteiger partial charge in [0.1, 0.15) is 0 Å². The fourth-order valence-corrected chi connectivity index (χ4v) is 2.15. The van der Waals surface area contributed by atoms with E-state index in [-0.39, 0.29) is 0 Å². The van der Waals surface area contributed by atoms with Crippen molar-refractivity contribution in [2.45, 2.75) is 0 Å². The third kappa shape index (κ3) is 3.27. The van der Waals surface area contributed by atoms with Crippen LogP contribution in [0.2, 0.25) is 0 Å². The van der Waals surface area contributed by atoms with Crippen molar-refractivity contribution in [2.75, 3.05) is 21.3 Å². The van der Waals surface area contributed by atoms with E-state index < -0.39 is 29.5 Å². The molecule has 1 aliphatic rings. The Hall–Kier alpha value is -3.16. The minimum absolute atomic E-state index is 0.476. The lowest BCUT2D eigenvalue weighted by molar-refractivity contribution is -0.145. The lowest BCUT2D eigenvalue weighted by atomic mass is 9.98. The highest BCUT2D eigenvalue weighted by molar-refractivity contribution is 6.28. The number of carbonyl (C=O) groups excluding carboxylic acids is 4. The molecule has 0 aliphatic carbocycles. The first-order valence-corrected chi connectivity index (χ1v) is 6.95. The molecular weight excluding hydrogens is 316 g/mol. The maximum absolute atomic E-state index is 12.2. The van der Waals surface area contributed by atoms with Gasteiger partial charge < -0.3 is 9.47 Å². The summed E-state index contributed by atoms with van der Waals surface area (Å²) >= 11 is 0. The molecule has 1 saturated heterocycles. The van der Waals surface area contributed by atoms with Crippen molar-refractivity contribution < 1.29 is 28.7 Å². The molecule has 1 aromatic rings. The van der Waals surface area contributed by atoms with E-state index in [0.29, 0.717) is 22.0 Å². The minimum atomic E-state index is -1.57. The van der Waals surface area contributed by atoms with Crippen molar-refractivity contribution in [2.24, 2.45) is 5.92 Å². The number of nitrogens with one attached hydrogen (secondary N) is 1. The standard InChI is InChI=1S/C16H16N2O6/c1-18-15(21)13(14(20)17-16(18)22)10(19)6-4-9-5-7-11(23-2)12(8-9)24-3/h4-8,13H,1-3H3,(H,17,20,22)/b6-4+/t13-/m1/s1. The molecule has 1 aliphatic heterocycles. The van der Waals surface area contributed by atoms with E-state index in [1.54, 1.807) is 18.2 Å². The average molecular weight is 332 g/mol. The summed E-state index contributed by atoms with van der Waals surface area (Å²) in [6.45, 7) is 0. The molecule has 0 saturated carbocycles. The zero-order valence-corrected chi connectivity index (χ0v) is 13.4. The third-order valence-corrected chi connectivity index (χ3v) is 3.51. The van der Waals surface area contributed by atoms with Gasteiger partial charge in [0, 0.05) is 7.05 Å². The number of barbiturate groups is 1. The summed E-state index contributed by atoms with van der Waals surface area (Å²) in [7, 11) is 4.18. The van der Waals surface area contributed by atoms with Crippen LogP contribution in [0, 0.1) is 5.92 Å². The lowest BCUT2D eigenvalue weighted by Gasteiger charge is -2.25. The number of carbonyl (C=O) groups is 4. The first-order valence-electron chi connectivity index (χ1n) is 6.95. The molecule has 1 N–H and O–H groups in total. The fourth-order valence-electron chi connectivity index (χ4n) is 2.15. The Morgan fingerprint density at radius 2 is 1.83 bits per heavy atom. The van der Waals surface area contributed by atoms with Crippen molar-refractivity contribution in [1.29, 1.82) is 0 Å². The Morgan fingerprint density at radius 3 is 2.46 bits per heavy atom. The van der Waals surface area contributed by atoms with Crippen molar-refractivity contribution in [1.82, 2.24) is 10.2 Å². The molecule has 0 radical (unpaired) electrons. The second kappa shape index (κ2) is 6.95. The van der Waals surface area contributed by atoms with Crippen LogP contribution in [-0.2, 0) is 14.4 Å². The number of amides is 4. The molecule has 2 rings (SSSR count). The Morgan fingerprint density at radius 1 is 1.17 bits per heavy atom. The number of imide groups is 2. The maximum atomic E-state index is 12.2. The number of methoxy groups -OCH3 is 2. The van der Waals surface area contributed by atoms with Gasteiger partial charge in [-0.05, 0) is 23.8 Å². The lowest BCUT2D eigenvalue weighted by Crippen LogP contribution is -2.58. The van der Waals surface area contributed by atoms with Gasteiger partial charge in [-0.1, -0.05) is 12.1 Å². The van der Waals surface area contributed by atoms with Crippen molar-refractivity contribution >= 4 is 29.7 Å². The number of urea groups is 1. The molecular formula is C16H16N2O6. The molecule has 8 nitrogen and oxygen atoms in total. The second-order valence-corrected chi connectivity index (χ2v) is 4.97. The Balaban J connectivity index is 2.20. The van der Waals surface area contributed by atoms with Gasteiger partial charge in [0.25, 0.3) is 5.91 Å². The molecule has 1 atom stereocenters. The normalized spacial score (nSPS) is 17.9. The topological polar surface area (TPSA) is 102 Å². The predicted molar refractivity (Wildman–Crippen MR) is 83.4 cm³/mol. The average Bonchev–Trinajstić information content (AvgIpc) is 2.57. The third-order valence-electron chi connectivity index (χ3n) is 3.51.